The lowest BCUT2D eigenvalue weighted by atomic mass is 10.2. The Morgan fingerprint density at radius 2 is 1.88 bits per heavy atom. The van der Waals surface area contributed by atoms with Gasteiger partial charge in [-0.15, -0.1) is 11.8 Å². The highest BCUT2D eigenvalue weighted by atomic mass is 32.2. The average Bonchev–Trinajstić information content (AvgIpc) is 2.26. The van der Waals surface area contributed by atoms with E-state index in [1.807, 2.05) is 12.1 Å². The molecule has 3 nitrogen and oxygen atoms in total. The molecule has 0 radical (unpaired) electrons. The summed E-state index contributed by atoms with van der Waals surface area (Å²) in [4.78, 5) is 1.12. The Kier molecular flexibility index (Phi) is 6.02. The van der Waals surface area contributed by atoms with Crippen LogP contribution in [0.25, 0.3) is 0 Å². The van der Waals surface area contributed by atoms with Crippen LogP contribution in [0.3, 0.4) is 0 Å². The Balaban J connectivity index is 2.40. The van der Waals surface area contributed by atoms with Crippen LogP contribution in [0.2, 0.25) is 0 Å². The summed E-state index contributed by atoms with van der Waals surface area (Å²) in [6.07, 6.45) is 1.27. The lowest BCUT2D eigenvalue weighted by molar-refractivity contribution is 0.603. The Morgan fingerprint density at radius 3 is 2.41 bits per heavy atom. The molecule has 5 heteroatoms. The van der Waals surface area contributed by atoms with Gasteiger partial charge in [-0.05, 0) is 24.2 Å². The summed E-state index contributed by atoms with van der Waals surface area (Å²) in [5, 5.41) is 3.26. The van der Waals surface area contributed by atoms with Gasteiger partial charge in [0.2, 0.25) is 0 Å². The topological polar surface area (TPSA) is 46.2 Å². The van der Waals surface area contributed by atoms with Crippen LogP contribution < -0.4 is 5.32 Å². The summed E-state index contributed by atoms with van der Waals surface area (Å²) >= 11 is 1.58. The van der Waals surface area contributed by atoms with Crippen LogP contribution in [-0.2, 0) is 16.4 Å². The van der Waals surface area contributed by atoms with Gasteiger partial charge in [-0.2, -0.15) is 0 Å². The SMILES string of the molecule is CCNCc1ccc(SCCS(C)(=O)=O)cc1. The van der Waals surface area contributed by atoms with E-state index in [0.717, 1.165) is 18.0 Å². The molecule has 0 unspecified atom stereocenters. The predicted octanol–water partition coefficient (Wildman–Crippen LogP) is 1.93. The third-order valence-corrected chi connectivity index (χ3v) is 4.44. The summed E-state index contributed by atoms with van der Waals surface area (Å²) in [6.45, 7) is 3.92. The van der Waals surface area contributed by atoms with Crippen LogP contribution in [0.1, 0.15) is 12.5 Å². The molecule has 0 saturated heterocycles. The number of sulfone groups is 1. The molecule has 0 aromatic heterocycles. The highest BCUT2D eigenvalue weighted by molar-refractivity contribution is 8.00. The van der Waals surface area contributed by atoms with E-state index in [1.165, 1.54) is 11.8 Å². The fourth-order valence-corrected chi connectivity index (χ4v) is 3.39. The molecule has 0 heterocycles. The van der Waals surface area contributed by atoms with E-state index >= 15 is 0 Å². The van der Waals surface area contributed by atoms with Crippen molar-refractivity contribution in [3.63, 3.8) is 0 Å². The van der Waals surface area contributed by atoms with Gasteiger partial charge in [-0.1, -0.05) is 19.1 Å². The minimum atomic E-state index is -2.85. The van der Waals surface area contributed by atoms with Gasteiger partial charge in [0.1, 0.15) is 9.84 Å². The van der Waals surface area contributed by atoms with Gasteiger partial charge in [0.05, 0.1) is 5.75 Å². The molecular formula is C12H19NO2S2. The quantitative estimate of drug-likeness (QED) is 0.771. The zero-order chi connectivity index (χ0) is 12.7. The second-order valence-electron chi connectivity index (χ2n) is 3.90. The van der Waals surface area contributed by atoms with Crippen molar-refractivity contribution in [3.8, 4) is 0 Å². The number of hydrogen-bond donors (Lipinski definition) is 1. The molecule has 1 aromatic carbocycles. The zero-order valence-corrected chi connectivity index (χ0v) is 11.9. The highest BCUT2D eigenvalue weighted by Gasteiger charge is 2.02. The number of rotatable bonds is 7. The number of thioether (sulfide) groups is 1. The molecule has 0 spiro atoms. The average molecular weight is 273 g/mol. The Bertz CT molecular complexity index is 426. The molecule has 1 rings (SSSR count). The minimum absolute atomic E-state index is 0.233. The predicted molar refractivity (Wildman–Crippen MR) is 74.3 cm³/mol. The standard InChI is InChI=1S/C12H19NO2S2/c1-3-13-10-11-4-6-12(7-5-11)16-8-9-17(2,14)15/h4-7,13H,3,8-10H2,1-2H3. The summed E-state index contributed by atoms with van der Waals surface area (Å²) in [7, 11) is -2.85. The van der Waals surface area contributed by atoms with E-state index in [9.17, 15) is 8.42 Å². The van der Waals surface area contributed by atoms with E-state index in [2.05, 4.69) is 24.4 Å². The molecule has 0 aliphatic carbocycles. The van der Waals surface area contributed by atoms with Gasteiger partial charge in [-0.25, -0.2) is 8.42 Å². The fraction of sp³-hybridized carbons (Fsp3) is 0.500. The Labute approximate surface area is 108 Å². The molecule has 0 saturated carbocycles. The maximum Gasteiger partial charge on any atom is 0.148 e. The van der Waals surface area contributed by atoms with Crippen molar-refractivity contribution in [2.75, 3.05) is 24.3 Å². The molecule has 0 aliphatic heterocycles. The molecule has 0 bridgehead atoms. The molecule has 0 fully saturated rings. The molecule has 0 aliphatic rings. The first-order valence-corrected chi connectivity index (χ1v) is 8.66. The third-order valence-electron chi connectivity index (χ3n) is 2.23. The minimum Gasteiger partial charge on any atom is -0.313 e. The monoisotopic (exact) mass is 273 g/mol. The molecule has 17 heavy (non-hydrogen) atoms. The first-order valence-electron chi connectivity index (χ1n) is 5.61. The smallest absolute Gasteiger partial charge is 0.148 e. The fourth-order valence-electron chi connectivity index (χ4n) is 1.28. The van der Waals surface area contributed by atoms with Gasteiger partial charge in [-0.3, -0.25) is 0 Å². The van der Waals surface area contributed by atoms with E-state index in [0.29, 0.717) is 5.75 Å². The zero-order valence-electron chi connectivity index (χ0n) is 10.3. The summed E-state index contributed by atoms with van der Waals surface area (Å²) in [6, 6.07) is 8.23. The van der Waals surface area contributed by atoms with Gasteiger partial charge < -0.3 is 5.32 Å². The van der Waals surface area contributed by atoms with Gasteiger partial charge in [0.15, 0.2) is 0 Å². The number of benzene rings is 1. The number of hydrogen-bond acceptors (Lipinski definition) is 4. The molecule has 1 aromatic rings. The maximum absolute atomic E-state index is 11.0. The van der Waals surface area contributed by atoms with Crippen molar-refractivity contribution in [2.45, 2.75) is 18.4 Å². The van der Waals surface area contributed by atoms with Crippen LogP contribution in [0.4, 0.5) is 0 Å². The van der Waals surface area contributed by atoms with Gasteiger partial charge >= 0.3 is 0 Å². The van der Waals surface area contributed by atoms with Crippen LogP contribution in [0.5, 0.6) is 0 Å². The highest BCUT2D eigenvalue weighted by Crippen LogP contribution is 2.18. The summed E-state index contributed by atoms with van der Waals surface area (Å²) in [5.74, 6) is 0.849. The van der Waals surface area contributed by atoms with Crippen molar-refractivity contribution in [1.29, 1.82) is 0 Å². The molecular weight excluding hydrogens is 254 g/mol. The summed E-state index contributed by atoms with van der Waals surface area (Å²) < 4.78 is 21.9. The van der Waals surface area contributed by atoms with Crippen LogP contribution in [-0.4, -0.2) is 32.7 Å². The first-order chi connectivity index (χ1) is 8.01. The van der Waals surface area contributed by atoms with Crippen molar-refractivity contribution in [1.82, 2.24) is 5.32 Å². The van der Waals surface area contributed by atoms with Gasteiger partial charge in [0, 0.05) is 23.4 Å². The second-order valence-corrected chi connectivity index (χ2v) is 7.33. The molecule has 96 valence electrons. The first kappa shape index (κ1) is 14.5. The second kappa shape index (κ2) is 7.03. The number of nitrogens with one attached hydrogen (secondary N) is 1. The third kappa shape index (κ3) is 6.71. The van der Waals surface area contributed by atoms with Crippen LogP contribution in [0, 0.1) is 0 Å². The van der Waals surface area contributed by atoms with Crippen molar-refractivity contribution in [3.05, 3.63) is 29.8 Å². The molecule has 0 amide bonds. The van der Waals surface area contributed by atoms with E-state index in [1.54, 1.807) is 11.8 Å². The normalized spacial score (nSPS) is 11.6. The Morgan fingerprint density at radius 1 is 1.24 bits per heavy atom. The van der Waals surface area contributed by atoms with E-state index in [4.69, 9.17) is 0 Å². The maximum atomic E-state index is 11.0. The van der Waals surface area contributed by atoms with Crippen molar-refractivity contribution in [2.24, 2.45) is 0 Å². The van der Waals surface area contributed by atoms with E-state index in [-0.39, 0.29) is 5.75 Å². The summed E-state index contributed by atoms with van der Waals surface area (Å²) in [5.41, 5.74) is 1.25. The Hall–Kier alpha value is -0.520. The van der Waals surface area contributed by atoms with Crippen molar-refractivity contribution < 1.29 is 8.42 Å². The molecule has 1 N–H and O–H groups in total. The van der Waals surface area contributed by atoms with Crippen molar-refractivity contribution >= 4 is 21.6 Å². The van der Waals surface area contributed by atoms with E-state index < -0.39 is 9.84 Å². The van der Waals surface area contributed by atoms with Crippen LogP contribution in [0.15, 0.2) is 29.2 Å². The van der Waals surface area contributed by atoms with Crippen LogP contribution >= 0.6 is 11.8 Å². The molecule has 0 atom stereocenters. The lowest BCUT2D eigenvalue weighted by Gasteiger charge is -2.04. The largest absolute Gasteiger partial charge is 0.313 e. The lowest BCUT2D eigenvalue weighted by Crippen LogP contribution is -2.11. The van der Waals surface area contributed by atoms with Gasteiger partial charge in [0.25, 0.3) is 0 Å².